The molecule has 2 aromatic carbocycles. The fraction of sp³-hybridized carbons (Fsp3) is 0.300. The van der Waals surface area contributed by atoms with E-state index in [2.05, 4.69) is 23.6 Å². The minimum Gasteiger partial charge on any atom is -0.378 e. The van der Waals surface area contributed by atoms with Crippen LogP contribution in [0.25, 0.3) is 0 Å². The fourth-order valence-electron chi connectivity index (χ4n) is 3.48. The van der Waals surface area contributed by atoms with Crippen LogP contribution in [-0.4, -0.2) is 17.9 Å². The number of nitrogens with zero attached hydrogens (tertiary/aromatic N) is 1. The molecule has 1 heterocycles. The summed E-state index contributed by atoms with van der Waals surface area (Å²) in [6.07, 6.45) is 0.837. The van der Waals surface area contributed by atoms with Gasteiger partial charge in [-0.25, -0.2) is 0 Å². The molecule has 0 spiro atoms. The molecule has 25 heavy (non-hydrogen) atoms. The molecule has 0 aliphatic carbocycles. The summed E-state index contributed by atoms with van der Waals surface area (Å²) in [6.45, 7) is 5.18. The zero-order valence-corrected chi connectivity index (χ0v) is 14.7. The van der Waals surface area contributed by atoms with E-state index >= 15 is 0 Å². The summed E-state index contributed by atoms with van der Waals surface area (Å²) in [5.41, 5.74) is 3.86. The summed E-state index contributed by atoms with van der Waals surface area (Å²) in [5, 5.41) is 6.32. The van der Waals surface area contributed by atoms with Gasteiger partial charge in [-0.15, -0.1) is 0 Å². The van der Waals surface area contributed by atoms with Gasteiger partial charge in [0, 0.05) is 37.0 Å². The number of amides is 2. The van der Waals surface area contributed by atoms with Crippen molar-refractivity contribution in [2.75, 3.05) is 15.5 Å². The second kappa shape index (κ2) is 6.97. The van der Waals surface area contributed by atoms with E-state index in [1.807, 2.05) is 47.4 Å². The minimum absolute atomic E-state index is 0.0676. The molecule has 0 saturated carbocycles. The monoisotopic (exact) mass is 337 g/mol. The first-order chi connectivity index (χ1) is 12.0. The lowest BCUT2D eigenvalue weighted by molar-refractivity contribution is -0.117. The maximum absolute atomic E-state index is 12.0. The summed E-state index contributed by atoms with van der Waals surface area (Å²) in [6, 6.07) is 16.0. The second-order valence-electron chi connectivity index (χ2n) is 6.49. The standard InChI is InChI=1S/C20H23N3O2/c1-13-12-19(18-6-4-5-7-20(18)23(13)15(3)25)22-17-10-8-16(9-11-17)21-14(2)24/h4-11,13,19,22H,12H2,1-3H3,(H,21,24). The number of anilines is 3. The molecule has 2 N–H and O–H groups in total. The highest BCUT2D eigenvalue weighted by Gasteiger charge is 2.31. The third-order valence-electron chi connectivity index (χ3n) is 4.47. The Bertz CT molecular complexity index is 786. The van der Waals surface area contributed by atoms with Crippen molar-refractivity contribution in [3.05, 3.63) is 54.1 Å². The van der Waals surface area contributed by atoms with Crippen molar-refractivity contribution in [2.24, 2.45) is 0 Å². The van der Waals surface area contributed by atoms with Crippen molar-refractivity contribution < 1.29 is 9.59 Å². The van der Waals surface area contributed by atoms with Crippen LogP contribution in [0.1, 0.15) is 38.8 Å². The quantitative estimate of drug-likeness (QED) is 0.892. The highest BCUT2D eigenvalue weighted by atomic mass is 16.2. The highest BCUT2D eigenvalue weighted by molar-refractivity contribution is 5.93. The lowest BCUT2D eigenvalue weighted by Crippen LogP contribution is -2.43. The van der Waals surface area contributed by atoms with Crippen molar-refractivity contribution >= 4 is 28.9 Å². The second-order valence-corrected chi connectivity index (χ2v) is 6.49. The number of rotatable bonds is 3. The number of para-hydroxylation sites is 1. The number of hydrogen-bond donors (Lipinski definition) is 2. The van der Waals surface area contributed by atoms with Crippen LogP contribution < -0.4 is 15.5 Å². The molecular formula is C20H23N3O2. The average Bonchev–Trinajstić information content (AvgIpc) is 2.56. The first kappa shape index (κ1) is 17.0. The van der Waals surface area contributed by atoms with E-state index in [0.29, 0.717) is 0 Å². The van der Waals surface area contributed by atoms with Crippen LogP contribution in [0, 0.1) is 0 Å². The van der Waals surface area contributed by atoms with Crippen molar-refractivity contribution in [1.29, 1.82) is 0 Å². The largest absolute Gasteiger partial charge is 0.378 e. The first-order valence-electron chi connectivity index (χ1n) is 8.48. The molecule has 2 atom stereocenters. The Hall–Kier alpha value is -2.82. The molecule has 1 aliphatic rings. The Kier molecular flexibility index (Phi) is 4.74. The predicted molar refractivity (Wildman–Crippen MR) is 101 cm³/mol. The van der Waals surface area contributed by atoms with Crippen LogP contribution in [0.3, 0.4) is 0 Å². The maximum Gasteiger partial charge on any atom is 0.224 e. The molecule has 1 aliphatic heterocycles. The number of fused-ring (bicyclic) bond motifs is 1. The van der Waals surface area contributed by atoms with E-state index in [-0.39, 0.29) is 23.9 Å². The van der Waals surface area contributed by atoms with Crippen molar-refractivity contribution in [3.8, 4) is 0 Å². The summed E-state index contributed by atoms with van der Waals surface area (Å²) in [4.78, 5) is 25.0. The molecule has 0 aromatic heterocycles. The zero-order valence-electron chi connectivity index (χ0n) is 14.7. The van der Waals surface area contributed by atoms with Gasteiger partial charge in [0.15, 0.2) is 0 Å². The van der Waals surface area contributed by atoms with Crippen LogP contribution in [0.5, 0.6) is 0 Å². The molecular weight excluding hydrogens is 314 g/mol. The van der Waals surface area contributed by atoms with Gasteiger partial charge >= 0.3 is 0 Å². The third kappa shape index (κ3) is 3.65. The molecule has 2 amide bonds. The van der Waals surface area contributed by atoms with Gasteiger partial charge in [0.1, 0.15) is 0 Å². The van der Waals surface area contributed by atoms with Gasteiger partial charge in [-0.3, -0.25) is 9.59 Å². The van der Waals surface area contributed by atoms with Gasteiger partial charge in [-0.1, -0.05) is 18.2 Å². The van der Waals surface area contributed by atoms with Gasteiger partial charge in [-0.05, 0) is 49.2 Å². The predicted octanol–water partition coefficient (Wildman–Crippen LogP) is 3.94. The molecule has 0 bridgehead atoms. The summed E-state index contributed by atoms with van der Waals surface area (Å²) in [5.74, 6) is -0.0156. The Morgan fingerprint density at radius 3 is 2.28 bits per heavy atom. The third-order valence-corrected chi connectivity index (χ3v) is 4.47. The summed E-state index contributed by atoms with van der Waals surface area (Å²) < 4.78 is 0. The van der Waals surface area contributed by atoms with Crippen LogP contribution >= 0.6 is 0 Å². The molecule has 0 radical (unpaired) electrons. The van der Waals surface area contributed by atoms with Gasteiger partial charge in [0.25, 0.3) is 0 Å². The number of nitrogens with one attached hydrogen (secondary N) is 2. The van der Waals surface area contributed by atoms with Crippen molar-refractivity contribution in [3.63, 3.8) is 0 Å². The Morgan fingerprint density at radius 2 is 1.64 bits per heavy atom. The number of carbonyl (C=O) groups excluding carboxylic acids is 2. The molecule has 0 saturated heterocycles. The zero-order chi connectivity index (χ0) is 18.0. The summed E-state index contributed by atoms with van der Waals surface area (Å²) >= 11 is 0. The van der Waals surface area contributed by atoms with E-state index in [4.69, 9.17) is 0 Å². The van der Waals surface area contributed by atoms with Crippen LogP contribution in [0.4, 0.5) is 17.1 Å². The molecule has 0 fully saturated rings. The first-order valence-corrected chi connectivity index (χ1v) is 8.48. The van der Waals surface area contributed by atoms with Crippen LogP contribution in [-0.2, 0) is 9.59 Å². The molecule has 3 rings (SSSR count). The van der Waals surface area contributed by atoms with E-state index in [1.54, 1.807) is 6.92 Å². The Labute approximate surface area is 148 Å². The molecule has 2 unspecified atom stereocenters. The lowest BCUT2D eigenvalue weighted by Gasteiger charge is -2.39. The fourth-order valence-corrected chi connectivity index (χ4v) is 3.48. The minimum atomic E-state index is -0.0833. The smallest absolute Gasteiger partial charge is 0.224 e. The van der Waals surface area contributed by atoms with Crippen LogP contribution in [0.15, 0.2) is 48.5 Å². The normalized spacial score (nSPS) is 19.1. The van der Waals surface area contributed by atoms with Crippen LogP contribution in [0.2, 0.25) is 0 Å². The topological polar surface area (TPSA) is 61.4 Å². The van der Waals surface area contributed by atoms with Gasteiger partial charge in [0.2, 0.25) is 11.8 Å². The van der Waals surface area contributed by atoms with Crippen molar-refractivity contribution in [2.45, 2.75) is 39.3 Å². The van der Waals surface area contributed by atoms with Crippen molar-refractivity contribution in [1.82, 2.24) is 0 Å². The molecule has 5 heteroatoms. The SMILES string of the molecule is CC(=O)Nc1ccc(NC2CC(C)N(C(C)=O)c3ccccc32)cc1. The average molecular weight is 337 g/mol. The van der Waals surface area contributed by atoms with E-state index in [1.165, 1.54) is 6.92 Å². The Balaban J connectivity index is 1.84. The van der Waals surface area contributed by atoms with E-state index in [9.17, 15) is 9.59 Å². The van der Waals surface area contributed by atoms with E-state index in [0.717, 1.165) is 29.0 Å². The molecule has 5 nitrogen and oxygen atoms in total. The van der Waals surface area contributed by atoms with Gasteiger partial charge in [0.05, 0.1) is 6.04 Å². The van der Waals surface area contributed by atoms with Gasteiger partial charge < -0.3 is 15.5 Å². The maximum atomic E-state index is 12.0. The molecule has 130 valence electrons. The highest BCUT2D eigenvalue weighted by Crippen LogP contribution is 2.38. The molecule has 2 aromatic rings. The summed E-state index contributed by atoms with van der Waals surface area (Å²) in [7, 11) is 0. The number of benzene rings is 2. The van der Waals surface area contributed by atoms with Gasteiger partial charge in [-0.2, -0.15) is 0 Å². The lowest BCUT2D eigenvalue weighted by atomic mass is 9.91. The Morgan fingerprint density at radius 1 is 1.00 bits per heavy atom. The van der Waals surface area contributed by atoms with E-state index < -0.39 is 0 Å². The number of hydrogen-bond acceptors (Lipinski definition) is 3. The number of carbonyl (C=O) groups is 2.